The van der Waals surface area contributed by atoms with Crippen LogP contribution >= 0.6 is 22.6 Å². The summed E-state index contributed by atoms with van der Waals surface area (Å²) in [6.45, 7) is -3.67. The lowest BCUT2D eigenvalue weighted by Crippen LogP contribution is -2.16. The summed E-state index contributed by atoms with van der Waals surface area (Å²) in [6.07, 6.45) is -10.1. The number of hydrogen-bond donors (Lipinski definition) is 0. The highest BCUT2D eigenvalue weighted by atomic mass is 127. The minimum Gasteiger partial charge on any atom is -0.433 e. The summed E-state index contributed by atoms with van der Waals surface area (Å²) >= 11 is 0.887. The van der Waals surface area contributed by atoms with Gasteiger partial charge in [-0.3, -0.25) is 0 Å². The molecule has 0 spiro atoms. The number of halogens is 9. The molecule has 1 aromatic carbocycles. The molecule has 108 valence electrons. The summed E-state index contributed by atoms with van der Waals surface area (Å²) in [7, 11) is 0. The Morgan fingerprint density at radius 1 is 0.895 bits per heavy atom. The fourth-order valence-corrected chi connectivity index (χ4v) is 2.11. The van der Waals surface area contributed by atoms with Gasteiger partial charge in [-0.2, -0.15) is 35.1 Å². The first-order valence-electron chi connectivity index (χ1n) is 4.36. The summed E-state index contributed by atoms with van der Waals surface area (Å²) in [4.78, 5) is 0. The van der Waals surface area contributed by atoms with E-state index in [9.17, 15) is 35.1 Å². The van der Waals surface area contributed by atoms with E-state index in [1.165, 1.54) is 0 Å². The summed E-state index contributed by atoms with van der Waals surface area (Å²) < 4.78 is 101. The first-order valence-corrected chi connectivity index (χ1v) is 5.44. The van der Waals surface area contributed by atoms with Crippen molar-refractivity contribution in [2.75, 3.05) is 0 Å². The Labute approximate surface area is 114 Å². The molecule has 0 bridgehead atoms. The van der Waals surface area contributed by atoms with Gasteiger partial charge in [0.25, 0.3) is 0 Å². The predicted octanol–water partition coefficient (Wildman–Crippen LogP) is 4.93. The molecule has 0 saturated heterocycles. The van der Waals surface area contributed by atoms with E-state index in [-0.39, 0.29) is 12.1 Å². The highest BCUT2D eigenvalue weighted by molar-refractivity contribution is 14.1. The third-order valence-corrected chi connectivity index (χ3v) is 2.99. The van der Waals surface area contributed by atoms with Gasteiger partial charge in [0.1, 0.15) is 0 Å². The maximum atomic E-state index is 12.5. The summed E-state index contributed by atoms with van der Waals surface area (Å²) in [5.74, 6) is -1.53. The number of hydrogen-bond acceptors (Lipinski definition) is 1. The van der Waals surface area contributed by atoms with E-state index in [1.54, 1.807) is 0 Å². The third-order valence-electron chi connectivity index (χ3n) is 1.91. The molecular weight excluding hydrogens is 403 g/mol. The molecule has 10 heteroatoms. The van der Waals surface area contributed by atoms with E-state index in [2.05, 4.69) is 4.74 Å². The third kappa shape index (κ3) is 3.83. The Bertz CT molecular complexity index is 465. The minimum absolute atomic E-state index is 0.0582. The van der Waals surface area contributed by atoms with Crippen molar-refractivity contribution < 1.29 is 39.9 Å². The van der Waals surface area contributed by atoms with E-state index < -0.39 is 39.4 Å². The minimum atomic E-state index is -5.10. The lowest BCUT2D eigenvalue weighted by molar-refractivity contribution is -0.145. The van der Waals surface area contributed by atoms with Gasteiger partial charge in [-0.1, -0.05) is 0 Å². The van der Waals surface area contributed by atoms with Crippen LogP contribution in [0.1, 0.15) is 11.1 Å². The lowest BCUT2D eigenvalue weighted by Gasteiger charge is -2.18. The zero-order chi connectivity index (χ0) is 15.0. The molecule has 0 aliphatic heterocycles. The topological polar surface area (TPSA) is 9.23 Å². The average molecular weight is 406 g/mol. The summed E-state index contributed by atoms with van der Waals surface area (Å²) in [6, 6.07) is 0.228. The first kappa shape index (κ1) is 16.2. The number of benzene rings is 1. The molecule has 0 saturated carbocycles. The Balaban J connectivity index is 3.50. The van der Waals surface area contributed by atoms with Gasteiger partial charge in [0.15, 0.2) is 5.75 Å². The van der Waals surface area contributed by atoms with Gasteiger partial charge in [-0.25, -0.2) is 0 Å². The molecule has 0 unspecified atom stereocenters. The molecule has 0 heterocycles. The van der Waals surface area contributed by atoms with Crippen LogP contribution in [0.3, 0.4) is 0 Å². The van der Waals surface area contributed by atoms with Crippen LogP contribution in [0.5, 0.6) is 5.75 Å². The monoisotopic (exact) mass is 406 g/mol. The van der Waals surface area contributed by atoms with Gasteiger partial charge in [0.2, 0.25) is 0 Å². The molecule has 1 rings (SSSR count). The van der Waals surface area contributed by atoms with Crippen LogP contribution in [0.4, 0.5) is 35.1 Å². The van der Waals surface area contributed by atoms with Gasteiger partial charge < -0.3 is 4.74 Å². The number of alkyl halides is 8. The van der Waals surface area contributed by atoms with Gasteiger partial charge in [0, 0.05) is 0 Å². The molecule has 0 fully saturated rings. The van der Waals surface area contributed by atoms with Crippen LogP contribution in [-0.2, 0) is 12.4 Å². The normalized spacial score (nSPS) is 12.9. The molecule has 1 nitrogen and oxygen atoms in total. The van der Waals surface area contributed by atoms with Crippen LogP contribution < -0.4 is 4.74 Å². The second kappa shape index (κ2) is 5.29. The average Bonchev–Trinajstić information content (AvgIpc) is 2.16. The summed E-state index contributed by atoms with van der Waals surface area (Å²) in [5.41, 5.74) is -3.16. The van der Waals surface area contributed by atoms with Crippen molar-refractivity contribution in [3.05, 3.63) is 26.8 Å². The van der Waals surface area contributed by atoms with Crippen molar-refractivity contribution in [2.24, 2.45) is 0 Å². The largest absolute Gasteiger partial charge is 0.433 e. The first-order chi connectivity index (χ1) is 8.44. The fourth-order valence-electron chi connectivity index (χ4n) is 1.20. The zero-order valence-electron chi connectivity index (χ0n) is 8.54. The standard InChI is InChI=1S/C9H3F8IO/c10-7(11)19-6-4(9(15,16)17)2-1-3(5(6)18)8(12,13)14/h1-2,7H. The van der Waals surface area contributed by atoms with Gasteiger partial charge in [-0.15, -0.1) is 0 Å². The van der Waals surface area contributed by atoms with Crippen LogP contribution in [0.15, 0.2) is 12.1 Å². The van der Waals surface area contributed by atoms with E-state index in [4.69, 9.17) is 0 Å². The number of rotatable bonds is 2. The molecule has 0 N–H and O–H groups in total. The maximum Gasteiger partial charge on any atom is 0.420 e. The van der Waals surface area contributed by atoms with Gasteiger partial charge in [0.05, 0.1) is 14.7 Å². The molecule has 0 aromatic heterocycles. The van der Waals surface area contributed by atoms with Crippen molar-refractivity contribution in [3.63, 3.8) is 0 Å². The zero-order valence-corrected chi connectivity index (χ0v) is 10.7. The molecule has 0 aliphatic carbocycles. The molecule has 0 aliphatic rings. The van der Waals surface area contributed by atoms with E-state index in [0.29, 0.717) is 0 Å². The van der Waals surface area contributed by atoms with Crippen LogP contribution in [0, 0.1) is 3.57 Å². The number of ether oxygens (including phenoxy) is 1. The fraction of sp³-hybridized carbons (Fsp3) is 0.333. The maximum absolute atomic E-state index is 12.5. The predicted molar refractivity (Wildman–Crippen MR) is 55.8 cm³/mol. The Morgan fingerprint density at radius 2 is 1.32 bits per heavy atom. The summed E-state index contributed by atoms with van der Waals surface area (Å²) in [5, 5.41) is 0. The Hall–Kier alpha value is -0.810. The highest BCUT2D eigenvalue weighted by Gasteiger charge is 2.41. The van der Waals surface area contributed by atoms with Crippen LogP contribution in [-0.4, -0.2) is 6.61 Å². The van der Waals surface area contributed by atoms with Gasteiger partial charge >= 0.3 is 19.0 Å². The molecule has 0 radical (unpaired) electrons. The van der Waals surface area contributed by atoms with Crippen molar-refractivity contribution >= 4 is 22.6 Å². The molecule has 0 amide bonds. The van der Waals surface area contributed by atoms with E-state index in [0.717, 1.165) is 22.6 Å². The quantitative estimate of drug-likeness (QED) is 0.500. The Kier molecular flexibility index (Phi) is 4.52. The highest BCUT2D eigenvalue weighted by Crippen LogP contribution is 2.44. The van der Waals surface area contributed by atoms with Gasteiger partial charge in [-0.05, 0) is 34.7 Å². The van der Waals surface area contributed by atoms with Crippen molar-refractivity contribution in [2.45, 2.75) is 19.0 Å². The van der Waals surface area contributed by atoms with Crippen LogP contribution in [0.2, 0.25) is 0 Å². The van der Waals surface area contributed by atoms with Crippen molar-refractivity contribution in [3.8, 4) is 5.75 Å². The van der Waals surface area contributed by atoms with Crippen LogP contribution in [0.25, 0.3) is 0 Å². The molecular formula is C9H3F8IO. The van der Waals surface area contributed by atoms with E-state index >= 15 is 0 Å². The Morgan fingerprint density at radius 3 is 1.68 bits per heavy atom. The van der Waals surface area contributed by atoms with Crippen molar-refractivity contribution in [1.82, 2.24) is 0 Å². The molecule has 19 heavy (non-hydrogen) atoms. The van der Waals surface area contributed by atoms with Crippen molar-refractivity contribution in [1.29, 1.82) is 0 Å². The second-order valence-electron chi connectivity index (χ2n) is 3.18. The molecule has 0 atom stereocenters. The SMILES string of the molecule is FC(F)Oc1c(C(F)(F)F)ccc(C(F)(F)F)c1I. The second-order valence-corrected chi connectivity index (χ2v) is 4.26. The smallest absolute Gasteiger partial charge is 0.420 e. The lowest BCUT2D eigenvalue weighted by atomic mass is 10.1. The van der Waals surface area contributed by atoms with E-state index in [1.807, 2.05) is 0 Å². The molecule has 1 aromatic rings.